The van der Waals surface area contributed by atoms with Crippen molar-refractivity contribution in [2.24, 2.45) is 23.7 Å². The van der Waals surface area contributed by atoms with Gasteiger partial charge in [-0.05, 0) is 18.8 Å². The summed E-state index contributed by atoms with van der Waals surface area (Å²) in [5.74, 6) is -1.93. The molecule has 31 heavy (non-hydrogen) atoms. The third kappa shape index (κ3) is 5.10. The molecular weight excluding hydrogens is 400 g/mol. The zero-order valence-corrected chi connectivity index (χ0v) is 18.6. The average Bonchev–Trinajstić information content (AvgIpc) is 3.08. The van der Waals surface area contributed by atoms with E-state index in [0.717, 1.165) is 26.1 Å². The fraction of sp³-hybridized carbons (Fsp3) is 0.773. The van der Waals surface area contributed by atoms with Crippen LogP contribution >= 0.6 is 0 Å². The van der Waals surface area contributed by atoms with Gasteiger partial charge in [-0.15, -0.1) is 0 Å². The zero-order chi connectivity index (χ0) is 22.4. The molecule has 1 aliphatic carbocycles. The summed E-state index contributed by atoms with van der Waals surface area (Å²) in [7, 11) is 1.58. The third-order valence-corrected chi connectivity index (χ3v) is 6.79. The standard InChI is InChI=1S/C22H36N4O5/c1-3-15-5-6-16-18(17(15)20(28)23-2)22(30)26(8-4-12-27)19(16)21(29)24-7-9-25-10-13-31-14-11-25/h5-6,15-19,27H,3-4,7-14H2,1-2H3,(H,23,28)(H,24,29)/t15-,16+,17-,18-,19+/m1/s1. The predicted molar refractivity (Wildman–Crippen MR) is 115 cm³/mol. The van der Waals surface area contributed by atoms with Gasteiger partial charge >= 0.3 is 0 Å². The van der Waals surface area contributed by atoms with E-state index in [1.807, 2.05) is 19.1 Å². The molecule has 0 aromatic carbocycles. The van der Waals surface area contributed by atoms with Crippen LogP contribution in [0, 0.1) is 23.7 Å². The SMILES string of the molecule is CC[C@@H]1C=C[C@H]2[C@@H](C(=O)N(CCCO)[C@@H]2C(=O)NCCN2CCOCC2)[C@@H]1C(=O)NC. The molecule has 0 radical (unpaired) electrons. The fourth-order valence-corrected chi connectivity index (χ4v) is 5.16. The Labute approximate surface area is 184 Å². The van der Waals surface area contributed by atoms with Crippen LogP contribution < -0.4 is 10.6 Å². The number of aliphatic hydroxyl groups excluding tert-OH is 1. The molecule has 3 aliphatic rings. The Morgan fingerprint density at radius 1 is 1.19 bits per heavy atom. The molecule has 5 atom stereocenters. The fourth-order valence-electron chi connectivity index (χ4n) is 5.16. The van der Waals surface area contributed by atoms with Gasteiger partial charge in [0.05, 0.1) is 25.0 Å². The molecule has 2 heterocycles. The van der Waals surface area contributed by atoms with E-state index in [9.17, 15) is 19.5 Å². The first-order chi connectivity index (χ1) is 15.0. The van der Waals surface area contributed by atoms with Gasteiger partial charge in [0.15, 0.2) is 0 Å². The van der Waals surface area contributed by atoms with E-state index in [2.05, 4.69) is 15.5 Å². The Morgan fingerprint density at radius 3 is 2.58 bits per heavy atom. The second-order valence-corrected chi connectivity index (χ2v) is 8.50. The number of carbonyl (C=O) groups is 3. The number of nitrogens with zero attached hydrogens (tertiary/aromatic N) is 2. The molecular formula is C22H36N4O5. The van der Waals surface area contributed by atoms with Crippen LogP contribution in [-0.2, 0) is 19.1 Å². The maximum absolute atomic E-state index is 13.4. The molecule has 3 N–H and O–H groups in total. The Balaban J connectivity index is 1.76. The molecule has 9 nitrogen and oxygen atoms in total. The molecule has 2 saturated heterocycles. The van der Waals surface area contributed by atoms with Crippen LogP contribution in [0.15, 0.2) is 12.2 Å². The van der Waals surface area contributed by atoms with Crippen LogP contribution in [0.5, 0.6) is 0 Å². The minimum atomic E-state index is -0.657. The summed E-state index contributed by atoms with van der Waals surface area (Å²) in [6.07, 6.45) is 5.10. The van der Waals surface area contributed by atoms with Crippen molar-refractivity contribution in [1.29, 1.82) is 0 Å². The first kappa shape index (κ1) is 23.7. The number of likely N-dealkylation sites (tertiary alicyclic amines) is 1. The van der Waals surface area contributed by atoms with Crippen LogP contribution in [-0.4, -0.2) is 98.3 Å². The van der Waals surface area contributed by atoms with Crippen molar-refractivity contribution in [3.05, 3.63) is 12.2 Å². The number of morpholine rings is 1. The average molecular weight is 437 g/mol. The van der Waals surface area contributed by atoms with Crippen molar-refractivity contribution < 1.29 is 24.2 Å². The van der Waals surface area contributed by atoms with Crippen molar-refractivity contribution in [3.8, 4) is 0 Å². The summed E-state index contributed by atoms with van der Waals surface area (Å²) < 4.78 is 5.35. The summed E-state index contributed by atoms with van der Waals surface area (Å²) in [6, 6.07) is -0.657. The highest BCUT2D eigenvalue weighted by Gasteiger charge is 2.56. The molecule has 3 rings (SSSR count). The van der Waals surface area contributed by atoms with Crippen molar-refractivity contribution in [2.45, 2.75) is 25.8 Å². The van der Waals surface area contributed by atoms with Gasteiger partial charge in [0.2, 0.25) is 17.7 Å². The van der Waals surface area contributed by atoms with E-state index in [1.54, 1.807) is 11.9 Å². The molecule has 0 aromatic rings. The molecule has 0 aromatic heterocycles. The Morgan fingerprint density at radius 2 is 1.94 bits per heavy atom. The van der Waals surface area contributed by atoms with Crippen molar-refractivity contribution in [3.63, 3.8) is 0 Å². The zero-order valence-electron chi connectivity index (χ0n) is 18.6. The lowest BCUT2D eigenvalue weighted by molar-refractivity contribution is -0.140. The van der Waals surface area contributed by atoms with Gasteiger partial charge in [0.25, 0.3) is 0 Å². The van der Waals surface area contributed by atoms with E-state index < -0.39 is 17.9 Å². The second kappa shape index (κ2) is 11.1. The topological polar surface area (TPSA) is 111 Å². The summed E-state index contributed by atoms with van der Waals surface area (Å²) in [5.41, 5.74) is 0. The number of hydrogen-bond donors (Lipinski definition) is 3. The molecule has 2 fully saturated rings. The number of amides is 3. The number of allylic oxidation sites excluding steroid dienone is 1. The van der Waals surface area contributed by atoms with Gasteiger partial charge in [0, 0.05) is 52.3 Å². The van der Waals surface area contributed by atoms with Crippen molar-refractivity contribution >= 4 is 17.7 Å². The monoisotopic (exact) mass is 436 g/mol. The van der Waals surface area contributed by atoms with Crippen LogP contribution in [0.3, 0.4) is 0 Å². The quantitative estimate of drug-likeness (QED) is 0.409. The highest BCUT2D eigenvalue weighted by molar-refractivity contribution is 5.96. The highest BCUT2D eigenvalue weighted by atomic mass is 16.5. The molecule has 2 aliphatic heterocycles. The smallest absolute Gasteiger partial charge is 0.243 e. The molecule has 0 bridgehead atoms. The number of nitrogens with one attached hydrogen (secondary N) is 2. The molecule has 0 unspecified atom stereocenters. The van der Waals surface area contributed by atoms with Crippen LogP contribution in [0.25, 0.3) is 0 Å². The summed E-state index contributed by atoms with van der Waals surface area (Å²) in [6.45, 7) is 6.57. The summed E-state index contributed by atoms with van der Waals surface area (Å²) >= 11 is 0. The van der Waals surface area contributed by atoms with Gasteiger partial charge in [-0.2, -0.15) is 0 Å². The molecule has 174 valence electrons. The van der Waals surface area contributed by atoms with E-state index in [4.69, 9.17) is 4.74 Å². The Kier molecular flexibility index (Phi) is 8.45. The van der Waals surface area contributed by atoms with Gasteiger partial charge in [0.1, 0.15) is 6.04 Å². The number of rotatable bonds is 9. The van der Waals surface area contributed by atoms with Crippen LogP contribution in [0.2, 0.25) is 0 Å². The van der Waals surface area contributed by atoms with Crippen molar-refractivity contribution in [1.82, 2.24) is 20.4 Å². The third-order valence-electron chi connectivity index (χ3n) is 6.79. The minimum absolute atomic E-state index is 0.0343. The predicted octanol–water partition coefficient (Wildman–Crippen LogP) is -0.781. The van der Waals surface area contributed by atoms with E-state index in [-0.39, 0.29) is 36.2 Å². The number of fused-ring (bicyclic) bond motifs is 1. The summed E-state index contributed by atoms with van der Waals surface area (Å²) in [4.78, 5) is 43.1. The first-order valence-electron chi connectivity index (χ1n) is 11.4. The normalized spacial score (nSPS) is 30.9. The largest absolute Gasteiger partial charge is 0.396 e. The number of hydrogen-bond acceptors (Lipinski definition) is 6. The lowest BCUT2D eigenvalue weighted by Gasteiger charge is -2.34. The lowest BCUT2D eigenvalue weighted by atomic mass is 9.69. The van der Waals surface area contributed by atoms with Crippen LogP contribution in [0.4, 0.5) is 0 Å². The van der Waals surface area contributed by atoms with Crippen molar-refractivity contribution in [2.75, 3.05) is 59.6 Å². The number of carbonyl (C=O) groups excluding carboxylic acids is 3. The number of aliphatic hydroxyl groups is 1. The summed E-state index contributed by atoms with van der Waals surface area (Å²) in [5, 5.41) is 15.0. The van der Waals surface area contributed by atoms with E-state index in [0.29, 0.717) is 32.7 Å². The molecule has 9 heteroatoms. The van der Waals surface area contributed by atoms with E-state index in [1.165, 1.54) is 0 Å². The maximum Gasteiger partial charge on any atom is 0.243 e. The van der Waals surface area contributed by atoms with Crippen LogP contribution in [0.1, 0.15) is 19.8 Å². The van der Waals surface area contributed by atoms with Gasteiger partial charge in [-0.3, -0.25) is 19.3 Å². The van der Waals surface area contributed by atoms with Gasteiger partial charge in [-0.25, -0.2) is 0 Å². The molecule has 0 spiro atoms. The Bertz CT molecular complexity index is 679. The van der Waals surface area contributed by atoms with E-state index >= 15 is 0 Å². The highest BCUT2D eigenvalue weighted by Crippen LogP contribution is 2.44. The minimum Gasteiger partial charge on any atom is -0.396 e. The number of ether oxygens (including phenoxy) is 1. The maximum atomic E-state index is 13.4. The Hall–Kier alpha value is -1.97. The molecule has 0 saturated carbocycles. The molecule has 3 amide bonds. The lowest BCUT2D eigenvalue weighted by Crippen LogP contribution is -2.49. The van der Waals surface area contributed by atoms with Gasteiger partial charge in [-0.1, -0.05) is 19.1 Å². The first-order valence-corrected chi connectivity index (χ1v) is 11.4. The second-order valence-electron chi connectivity index (χ2n) is 8.50. The van der Waals surface area contributed by atoms with Gasteiger partial charge < -0.3 is 25.4 Å².